The first-order valence-corrected chi connectivity index (χ1v) is 4.39. The minimum Gasteiger partial charge on any atom is -0.480 e. The second-order valence-electron chi connectivity index (χ2n) is 2.80. The van der Waals surface area contributed by atoms with E-state index in [0.717, 1.165) is 5.57 Å². The molecule has 1 atom stereocenters. The molecule has 5 heteroatoms. The largest absolute Gasteiger partial charge is 0.480 e. The van der Waals surface area contributed by atoms with Gasteiger partial charge in [0.25, 0.3) is 0 Å². The van der Waals surface area contributed by atoms with Crippen LogP contribution in [0, 0.1) is 0 Å². The maximum Gasteiger partial charge on any atom is 0.327 e. The van der Waals surface area contributed by atoms with Gasteiger partial charge in [-0.3, -0.25) is 4.79 Å². The topological polar surface area (TPSA) is 66.4 Å². The monoisotopic (exact) mass is 203 g/mol. The van der Waals surface area contributed by atoms with E-state index >= 15 is 0 Å². The Labute approximate surface area is 82.4 Å². The van der Waals surface area contributed by atoms with Crippen LogP contribution in [0.2, 0.25) is 0 Å². The van der Waals surface area contributed by atoms with Crippen LogP contribution < -0.4 is 5.32 Å². The molecule has 0 heterocycles. The van der Waals surface area contributed by atoms with Crippen molar-refractivity contribution in [3.63, 3.8) is 0 Å². The molecule has 13 heavy (non-hydrogen) atoms. The summed E-state index contributed by atoms with van der Waals surface area (Å²) in [6, 6.07) is -0.925. The predicted octanol–water partition coefficient (Wildman–Crippen LogP) is 0.452. The third-order valence-electron chi connectivity index (χ3n) is 1.22. The molecular weight excluding hydrogens is 190 g/mol. The van der Waals surface area contributed by atoms with Crippen LogP contribution in [-0.4, -0.2) is 28.8 Å². The summed E-state index contributed by atoms with van der Waals surface area (Å²) in [5.41, 5.74) is 0.820. The molecule has 0 fully saturated rings. The number of hydrogen-bond donors (Lipinski definition) is 3. The van der Waals surface area contributed by atoms with E-state index in [-0.39, 0.29) is 5.75 Å². The highest BCUT2D eigenvalue weighted by Gasteiger charge is 2.16. The third-order valence-corrected chi connectivity index (χ3v) is 1.58. The number of nitrogens with one attached hydrogen (secondary N) is 1. The van der Waals surface area contributed by atoms with Gasteiger partial charge in [0.05, 0.1) is 0 Å². The molecule has 1 unspecified atom stereocenters. The number of amides is 1. The first kappa shape index (κ1) is 12.0. The van der Waals surface area contributed by atoms with E-state index in [1.54, 1.807) is 13.8 Å². The SMILES string of the molecule is CC(C)=CC(=O)NC(CS)C(=O)O. The van der Waals surface area contributed by atoms with Gasteiger partial charge in [0.2, 0.25) is 5.91 Å². The molecule has 0 rings (SSSR count). The molecular formula is C8H13NO3S. The fraction of sp³-hybridized carbons (Fsp3) is 0.500. The van der Waals surface area contributed by atoms with E-state index in [9.17, 15) is 9.59 Å². The lowest BCUT2D eigenvalue weighted by atomic mass is 10.3. The van der Waals surface area contributed by atoms with Crippen LogP contribution in [0.5, 0.6) is 0 Å². The van der Waals surface area contributed by atoms with Crippen LogP contribution >= 0.6 is 12.6 Å². The molecule has 0 aromatic heterocycles. The van der Waals surface area contributed by atoms with Crippen LogP contribution in [-0.2, 0) is 9.59 Å². The lowest BCUT2D eigenvalue weighted by Crippen LogP contribution is -2.41. The molecule has 4 nitrogen and oxygen atoms in total. The molecule has 2 N–H and O–H groups in total. The van der Waals surface area contributed by atoms with Gasteiger partial charge in [-0.2, -0.15) is 12.6 Å². The van der Waals surface area contributed by atoms with Crippen molar-refractivity contribution in [3.05, 3.63) is 11.6 Å². The fourth-order valence-electron chi connectivity index (χ4n) is 0.661. The summed E-state index contributed by atoms with van der Waals surface area (Å²) >= 11 is 3.80. The summed E-state index contributed by atoms with van der Waals surface area (Å²) in [6.07, 6.45) is 1.35. The van der Waals surface area contributed by atoms with Crippen LogP contribution in [0.1, 0.15) is 13.8 Å². The normalized spacial score (nSPS) is 11.6. The van der Waals surface area contributed by atoms with E-state index in [2.05, 4.69) is 17.9 Å². The molecule has 0 saturated heterocycles. The summed E-state index contributed by atoms with van der Waals surface area (Å²) in [7, 11) is 0. The average Bonchev–Trinajstić information content (AvgIpc) is 1.98. The second kappa shape index (κ2) is 5.64. The van der Waals surface area contributed by atoms with Crippen molar-refractivity contribution in [2.24, 2.45) is 0 Å². The Bertz CT molecular complexity index is 234. The van der Waals surface area contributed by atoms with Crippen molar-refractivity contribution in [2.75, 3.05) is 5.75 Å². The second-order valence-corrected chi connectivity index (χ2v) is 3.17. The van der Waals surface area contributed by atoms with Gasteiger partial charge in [-0.05, 0) is 13.8 Å². The van der Waals surface area contributed by atoms with Crippen molar-refractivity contribution in [1.29, 1.82) is 0 Å². The highest BCUT2D eigenvalue weighted by molar-refractivity contribution is 7.80. The minimum absolute atomic E-state index is 0.0810. The Morgan fingerprint density at radius 3 is 2.38 bits per heavy atom. The van der Waals surface area contributed by atoms with Gasteiger partial charge < -0.3 is 10.4 Å². The Hall–Kier alpha value is -0.970. The predicted molar refractivity (Wildman–Crippen MR) is 52.9 cm³/mol. The van der Waals surface area contributed by atoms with Gasteiger partial charge >= 0.3 is 5.97 Å². The number of allylic oxidation sites excluding steroid dienone is 1. The number of hydrogen-bond acceptors (Lipinski definition) is 3. The smallest absolute Gasteiger partial charge is 0.327 e. The molecule has 0 aromatic rings. The number of rotatable bonds is 4. The molecule has 0 saturated carbocycles. The lowest BCUT2D eigenvalue weighted by molar-refractivity contribution is -0.140. The van der Waals surface area contributed by atoms with Gasteiger partial charge in [0, 0.05) is 11.8 Å². The Balaban J connectivity index is 4.18. The van der Waals surface area contributed by atoms with E-state index in [1.807, 2.05) is 0 Å². The van der Waals surface area contributed by atoms with Crippen molar-refractivity contribution >= 4 is 24.5 Å². The standard InChI is InChI=1S/C8H13NO3S/c1-5(2)3-7(10)9-6(4-13)8(11)12/h3,6,13H,4H2,1-2H3,(H,9,10)(H,11,12). The summed E-state index contributed by atoms with van der Waals surface area (Å²) in [4.78, 5) is 21.5. The summed E-state index contributed by atoms with van der Waals surface area (Å²) in [6.45, 7) is 3.52. The van der Waals surface area contributed by atoms with Gasteiger partial charge in [-0.15, -0.1) is 0 Å². The number of carboxylic acid groups (broad SMARTS) is 1. The molecule has 0 aromatic carbocycles. The van der Waals surface area contributed by atoms with Crippen molar-refractivity contribution in [1.82, 2.24) is 5.32 Å². The molecule has 1 amide bonds. The fourth-order valence-corrected chi connectivity index (χ4v) is 0.909. The van der Waals surface area contributed by atoms with Crippen LogP contribution in [0.3, 0.4) is 0 Å². The number of carbonyl (C=O) groups is 2. The van der Waals surface area contributed by atoms with Crippen molar-refractivity contribution in [3.8, 4) is 0 Å². The summed E-state index contributed by atoms with van der Waals surface area (Å²) < 4.78 is 0. The summed E-state index contributed by atoms with van der Waals surface area (Å²) in [5.74, 6) is -1.40. The van der Waals surface area contributed by atoms with E-state index in [0.29, 0.717) is 0 Å². The van der Waals surface area contributed by atoms with Crippen LogP contribution in [0.15, 0.2) is 11.6 Å². The number of aliphatic carboxylic acids is 1. The average molecular weight is 203 g/mol. The molecule has 74 valence electrons. The van der Waals surface area contributed by atoms with Crippen molar-refractivity contribution in [2.45, 2.75) is 19.9 Å². The Morgan fingerprint density at radius 2 is 2.08 bits per heavy atom. The van der Waals surface area contributed by atoms with Crippen molar-refractivity contribution < 1.29 is 14.7 Å². The first-order chi connectivity index (χ1) is 5.97. The van der Waals surface area contributed by atoms with Gasteiger partial charge in [0.15, 0.2) is 0 Å². The first-order valence-electron chi connectivity index (χ1n) is 3.76. The molecule has 0 spiro atoms. The molecule has 0 aliphatic carbocycles. The number of thiol groups is 1. The van der Waals surface area contributed by atoms with E-state index < -0.39 is 17.9 Å². The number of carboxylic acids is 1. The van der Waals surface area contributed by atoms with E-state index in [4.69, 9.17) is 5.11 Å². The van der Waals surface area contributed by atoms with Crippen LogP contribution in [0.25, 0.3) is 0 Å². The molecule has 0 aliphatic rings. The van der Waals surface area contributed by atoms with Gasteiger partial charge in [-0.25, -0.2) is 4.79 Å². The zero-order chi connectivity index (χ0) is 10.4. The maximum absolute atomic E-state index is 11.0. The highest BCUT2D eigenvalue weighted by atomic mass is 32.1. The zero-order valence-electron chi connectivity index (χ0n) is 7.57. The highest BCUT2D eigenvalue weighted by Crippen LogP contribution is 1.91. The molecule has 0 bridgehead atoms. The Kier molecular flexibility index (Phi) is 5.22. The molecule has 0 aliphatic heterocycles. The van der Waals surface area contributed by atoms with Gasteiger partial charge in [-0.1, -0.05) is 5.57 Å². The maximum atomic E-state index is 11.0. The Morgan fingerprint density at radius 1 is 1.54 bits per heavy atom. The summed E-state index contributed by atoms with van der Waals surface area (Å²) in [5, 5.41) is 10.9. The lowest BCUT2D eigenvalue weighted by Gasteiger charge is -2.09. The zero-order valence-corrected chi connectivity index (χ0v) is 8.47. The van der Waals surface area contributed by atoms with Crippen LogP contribution in [0.4, 0.5) is 0 Å². The van der Waals surface area contributed by atoms with E-state index in [1.165, 1.54) is 6.08 Å². The van der Waals surface area contributed by atoms with Gasteiger partial charge in [0.1, 0.15) is 6.04 Å². The minimum atomic E-state index is -1.08. The third kappa shape index (κ3) is 5.30. The number of carbonyl (C=O) groups excluding carboxylic acids is 1. The molecule has 0 radical (unpaired) electrons. The quantitative estimate of drug-likeness (QED) is 0.459.